The SMILES string of the molecule is CCC1(C(=O)O)N=C2C3CC(CN2C(=O)C1O)C[N+](Cc1ccccc1)(C(=O)[O-])C3. The van der Waals surface area contributed by atoms with Gasteiger partial charge in [0.05, 0.1) is 19.0 Å². The van der Waals surface area contributed by atoms with Gasteiger partial charge in [-0.3, -0.25) is 14.2 Å². The predicted octanol–water partition coefficient (Wildman–Crippen LogP) is -0.169. The Morgan fingerprint density at radius 2 is 2.00 bits per heavy atom. The van der Waals surface area contributed by atoms with Gasteiger partial charge >= 0.3 is 5.97 Å². The molecule has 3 heterocycles. The molecule has 9 heteroatoms. The Kier molecular flexibility index (Phi) is 4.90. The van der Waals surface area contributed by atoms with Crippen LogP contribution in [0.15, 0.2) is 35.3 Å². The van der Waals surface area contributed by atoms with Gasteiger partial charge in [0.1, 0.15) is 12.4 Å². The molecule has 4 rings (SSSR count). The van der Waals surface area contributed by atoms with Crippen LogP contribution in [-0.4, -0.2) is 74.7 Å². The number of benzene rings is 1. The van der Waals surface area contributed by atoms with Crippen molar-refractivity contribution in [3.8, 4) is 0 Å². The first-order valence-corrected chi connectivity index (χ1v) is 10.2. The number of quaternary nitrogens is 1. The number of likely N-dealkylation sites (tertiary alicyclic amines) is 1. The number of carboxylic acids is 1. The van der Waals surface area contributed by atoms with Crippen molar-refractivity contribution in [2.24, 2.45) is 16.8 Å². The van der Waals surface area contributed by atoms with Gasteiger partial charge in [-0.1, -0.05) is 37.3 Å². The van der Waals surface area contributed by atoms with Crippen LogP contribution in [0.5, 0.6) is 0 Å². The zero-order valence-corrected chi connectivity index (χ0v) is 16.7. The number of rotatable bonds is 4. The Bertz CT molecular complexity index is 919. The van der Waals surface area contributed by atoms with Gasteiger partial charge in [0, 0.05) is 18.0 Å². The van der Waals surface area contributed by atoms with E-state index in [9.17, 15) is 29.7 Å². The highest BCUT2D eigenvalue weighted by Gasteiger charge is 2.58. The minimum atomic E-state index is -1.94. The molecule has 30 heavy (non-hydrogen) atoms. The Labute approximate surface area is 173 Å². The Morgan fingerprint density at radius 1 is 1.30 bits per heavy atom. The van der Waals surface area contributed by atoms with Gasteiger partial charge in [-0.15, -0.1) is 0 Å². The molecule has 2 fully saturated rings. The van der Waals surface area contributed by atoms with Crippen molar-refractivity contribution in [2.45, 2.75) is 38.0 Å². The highest BCUT2D eigenvalue weighted by atomic mass is 16.4. The van der Waals surface area contributed by atoms with Crippen molar-refractivity contribution in [3.63, 3.8) is 0 Å². The van der Waals surface area contributed by atoms with Gasteiger partial charge in [-0.05, 0) is 12.8 Å². The van der Waals surface area contributed by atoms with Gasteiger partial charge in [0.2, 0.25) is 0 Å². The summed E-state index contributed by atoms with van der Waals surface area (Å²) in [4.78, 5) is 42.8. The van der Waals surface area contributed by atoms with E-state index in [2.05, 4.69) is 4.99 Å². The second kappa shape index (κ2) is 7.17. The molecule has 1 aromatic carbocycles. The zero-order valence-electron chi connectivity index (χ0n) is 16.7. The van der Waals surface area contributed by atoms with E-state index < -0.39 is 35.5 Å². The van der Waals surface area contributed by atoms with Crippen molar-refractivity contribution >= 4 is 23.8 Å². The number of carboxylic acid groups (broad SMARTS) is 2. The Balaban J connectivity index is 1.74. The van der Waals surface area contributed by atoms with Crippen LogP contribution in [0, 0.1) is 11.8 Å². The largest absolute Gasteiger partial charge is 0.498 e. The number of carbonyl (C=O) groups excluding carboxylic acids is 2. The average Bonchev–Trinajstić information content (AvgIpc) is 2.71. The summed E-state index contributed by atoms with van der Waals surface area (Å²) in [7, 11) is 0. The van der Waals surface area contributed by atoms with Crippen LogP contribution >= 0.6 is 0 Å². The fourth-order valence-corrected chi connectivity index (χ4v) is 5.27. The molecule has 5 unspecified atom stereocenters. The first-order valence-electron chi connectivity index (χ1n) is 10.2. The number of aliphatic hydroxyl groups excluding tert-OH is 1. The summed E-state index contributed by atoms with van der Waals surface area (Å²) in [6.07, 6.45) is -2.37. The van der Waals surface area contributed by atoms with Crippen LogP contribution in [0.2, 0.25) is 0 Å². The van der Waals surface area contributed by atoms with E-state index in [1.54, 1.807) is 6.92 Å². The lowest BCUT2D eigenvalue weighted by atomic mass is 9.78. The third-order valence-corrected chi connectivity index (χ3v) is 6.77. The number of amidine groups is 1. The molecule has 0 aliphatic carbocycles. The fourth-order valence-electron chi connectivity index (χ4n) is 5.27. The van der Waals surface area contributed by atoms with Crippen molar-refractivity contribution in [1.82, 2.24) is 4.90 Å². The quantitative estimate of drug-likeness (QED) is 0.657. The van der Waals surface area contributed by atoms with E-state index >= 15 is 0 Å². The second-order valence-electron chi connectivity index (χ2n) is 8.62. The lowest BCUT2D eigenvalue weighted by molar-refractivity contribution is -0.899. The molecule has 2 saturated heterocycles. The molecule has 0 aromatic heterocycles. The summed E-state index contributed by atoms with van der Waals surface area (Å²) in [5.41, 5.74) is -1.08. The summed E-state index contributed by atoms with van der Waals surface area (Å²) in [5.74, 6) is -2.26. The van der Waals surface area contributed by atoms with Crippen molar-refractivity contribution in [1.29, 1.82) is 0 Å². The van der Waals surface area contributed by atoms with Gasteiger partial charge < -0.3 is 20.1 Å². The lowest BCUT2D eigenvalue weighted by Crippen LogP contribution is -2.72. The summed E-state index contributed by atoms with van der Waals surface area (Å²) in [5, 5.41) is 32.5. The number of amides is 2. The third-order valence-electron chi connectivity index (χ3n) is 6.77. The van der Waals surface area contributed by atoms with Crippen molar-refractivity contribution < 1.29 is 34.2 Å². The van der Waals surface area contributed by atoms with Crippen LogP contribution < -0.4 is 5.11 Å². The summed E-state index contributed by atoms with van der Waals surface area (Å²) >= 11 is 0. The van der Waals surface area contributed by atoms with Crippen LogP contribution in [0.25, 0.3) is 0 Å². The molecule has 1 aromatic rings. The van der Waals surface area contributed by atoms with Crippen molar-refractivity contribution in [3.05, 3.63) is 35.9 Å². The number of nitrogens with zero attached hydrogens (tertiary/aromatic N) is 3. The molecule has 2 amide bonds. The van der Waals surface area contributed by atoms with Gasteiger partial charge in [0.15, 0.2) is 11.6 Å². The summed E-state index contributed by atoms with van der Waals surface area (Å²) in [6, 6.07) is 9.29. The number of aliphatic hydroxyl groups is 1. The predicted molar refractivity (Wildman–Crippen MR) is 103 cm³/mol. The van der Waals surface area contributed by atoms with Gasteiger partial charge in [0.25, 0.3) is 12.0 Å². The van der Waals surface area contributed by atoms with E-state index in [-0.39, 0.29) is 42.3 Å². The minimum absolute atomic E-state index is 0.0484. The molecule has 0 spiro atoms. The van der Waals surface area contributed by atoms with Crippen LogP contribution in [-0.2, 0) is 16.1 Å². The standard InChI is InChI=1S/C21H25N3O6/c1-2-21(19(27)28)16(25)18(26)23-9-14-8-15(17(23)22-21)12-24(11-14,20(29)30)10-13-6-4-3-5-7-13/h3-7,14-16,25H,2,8-12H2,1H3,(H-,27,28,29,30). The molecule has 3 aliphatic rings. The molecule has 5 atom stereocenters. The Hall–Kier alpha value is -2.78. The number of hydrogen-bond acceptors (Lipinski definition) is 6. The molecule has 0 radical (unpaired) electrons. The van der Waals surface area contributed by atoms with E-state index in [1.807, 2.05) is 30.3 Å². The molecule has 2 N–H and O–H groups in total. The average molecular weight is 415 g/mol. The second-order valence-corrected chi connectivity index (χ2v) is 8.62. The Morgan fingerprint density at radius 3 is 2.60 bits per heavy atom. The number of hydrogen-bond donors (Lipinski definition) is 2. The van der Waals surface area contributed by atoms with Crippen molar-refractivity contribution in [2.75, 3.05) is 19.6 Å². The molecular weight excluding hydrogens is 390 g/mol. The van der Waals surface area contributed by atoms with Gasteiger partial charge in [-0.25, -0.2) is 9.79 Å². The first-order chi connectivity index (χ1) is 14.2. The number of fused-ring (bicyclic) bond motifs is 4. The number of piperidine rings is 2. The minimum Gasteiger partial charge on any atom is -0.498 e. The molecular formula is C21H25N3O6. The summed E-state index contributed by atoms with van der Waals surface area (Å²) in [6.45, 7) is 2.49. The molecule has 9 nitrogen and oxygen atoms in total. The monoisotopic (exact) mass is 415 g/mol. The smallest absolute Gasteiger partial charge is 0.334 e. The molecule has 3 aliphatic heterocycles. The normalized spacial score (nSPS) is 35.4. The topological polar surface area (TPSA) is 130 Å². The first kappa shape index (κ1) is 20.5. The van der Waals surface area contributed by atoms with E-state index in [0.29, 0.717) is 13.0 Å². The van der Waals surface area contributed by atoms with E-state index in [4.69, 9.17) is 0 Å². The molecule has 2 bridgehead atoms. The third kappa shape index (κ3) is 3.00. The van der Waals surface area contributed by atoms with Gasteiger partial charge in [-0.2, -0.15) is 0 Å². The van der Waals surface area contributed by atoms with E-state index in [0.717, 1.165) is 5.56 Å². The maximum absolute atomic E-state index is 12.9. The fraction of sp³-hybridized carbons (Fsp3) is 0.524. The molecule has 160 valence electrons. The van der Waals surface area contributed by atoms with E-state index in [1.165, 1.54) is 4.90 Å². The maximum atomic E-state index is 12.9. The number of aliphatic imine (C=N–C) groups is 1. The van der Waals surface area contributed by atoms with Crippen LogP contribution in [0.3, 0.4) is 0 Å². The summed E-state index contributed by atoms with van der Waals surface area (Å²) < 4.78 is -0.296. The maximum Gasteiger partial charge on any atom is 0.334 e. The number of carbonyl (C=O) groups is 3. The van der Waals surface area contributed by atoms with Crippen LogP contribution in [0.4, 0.5) is 4.79 Å². The highest BCUT2D eigenvalue weighted by Crippen LogP contribution is 2.40. The number of aliphatic carboxylic acids is 1. The van der Waals surface area contributed by atoms with Crippen LogP contribution in [0.1, 0.15) is 25.3 Å². The highest BCUT2D eigenvalue weighted by molar-refractivity contribution is 6.08. The molecule has 0 saturated carbocycles. The zero-order chi connectivity index (χ0) is 21.7. The lowest BCUT2D eigenvalue weighted by Gasteiger charge is -2.53.